The molecule has 2 unspecified atom stereocenters. The minimum Gasteiger partial charge on any atom is -0.394 e. The highest BCUT2D eigenvalue weighted by Gasteiger charge is 2.11. The van der Waals surface area contributed by atoms with Crippen LogP contribution in [0.1, 0.15) is 92.9 Å². The van der Waals surface area contributed by atoms with Gasteiger partial charge >= 0.3 is 0 Å². The van der Waals surface area contributed by atoms with E-state index in [4.69, 9.17) is 9.47 Å². The maximum atomic E-state index is 9.47. The van der Waals surface area contributed by atoms with Crippen molar-refractivity contribution >= 4 is 0 Å². The molecule has 3 nitrogen and oxygen atoms in total. The predicted octanol–water partition coefficient (Wildman–Crippen LogP) is 6.09. The molecule has 0 aliphatic rings. The van der Waals surface area contributed by atoms with Crippen molar-refractivity contribution in [2.24, 2.45) is 23.7 Å². The molecule has 26 heavy (non-hydrogen) atoms. The summed E-state index contributed by atoms with van der Waals surface area (Å²) in [5.41, 5.74) is 0. The van der Waals surface area contributed by atoms with Crippen molar-refractivity contribution in [3.8, 4) is 0 Å². The van der Waals surface area contributed by atoms with E-state index in [9.17, 15) is 5.11 Å². The van der Waals surface area contributed by atoms with E-state index in [-0.39, 0.29) is 12.7 Å². The molecule has 0 aromatic rings. The lowest BCUT2D eigenvalue weighted by molar-refractivity contribution is -0.0471. The fraction of sp³-hybridized carbons (Fsp3) is 1.00. The fourth-order valence-electron chi connectivity index (χ4n) is 3.13. The third-order valence-electron chi connectivity index (χ3n) is 5.18. The molecule has 0 saturated carbocycles. The average Bonchev–Trinajstić information content (AvgIpc) is 2.56. The first-order valence-corrected chi connectivity index (χ1v) is 11.1. The minimum atomic E-state index is -0.172. The van der Waals surface area contributed by atoms with Crippen molar-refractivity contribution in [3.63, 3.8) is 0 Å². The first-order chi connectivity index (χ1) is 12.3. The van der Waals surface area contributed by atoms with Crippen LogP contribution in [0, 0.1) is 23.7 Å². The number of rotatable bonds is 18. The third-order valence-corrected chi connectivity index (χ3v) is 5.18. The van der Waals surface area contributed by atoms with E-state index in [0.29, 0.717) is 18.4 Å². The summed E-state index contributed by atoms with van der Waals surface area (Å²) in [7, 11) is 0. The van der Waals surface area contributed by atoms with Crippen LogP contribution in [0.3, 0.4) is 0 Å². The van der Waals surface area contributed by atoms with E-state index < -0.39 is 0 Å². The van der Waals surface area contributed by atoms with Crippen LogP contribution in [0.4, 0.5) is 0 Å². The van der Waals surface area contributed by atoms with E-state index >= 15 is 0 Å². The van der Waals surface area contributed by atoms with Crippen LogP contribution < -0.4 is 0 Å². The molecule has 0 aliphatic carbocycles. The summed E-state index contributed by atoms with van der Waals surface area (Å²) in [6.07, 6.45) is 9.82. The number of aliphatic hydroxyl groups is 1. The molecule has 0 aromatic carbocycles. The summed E-state index contributed by atoms with van der Waals surface area (Å²) < 4.78 is 11.6. The Labute approximate surface area is 164 Å². The Morgan fingerprint density at radius 2 is 1.15 bits per heavy atom. The zero-order valence-corrected chi connectivity index (χ0v) is 18.6. The summed E-state index contributed by atoms with van der Waals surface area (Å²) in [6, 6.07) is 0. The lowest BCUT2D eigenvalue weighted by Crippen LogP contribution is -2.25. The standard InChI is InChI=1S/C23H48O3/c1-19(2)9-7-11-21(5)13-15-25-18-23(17-24)26-16-14-22(6)12-8-10-20(3)4/h19-24H,7-18H2,1-6H3/t21?,22?,23-/m1/s1. The third kappa shape index (κ3) is 17.3. The molecule has 0 fully saturated rings. The highest BCUT2D eigenvalue weighted by molar-refractivity contribution is 4.59. The van der Waals surface area contributed by atoms with E-state index in [2.05, 4.69) is 41.5 Å². The first kappa shape index (κ1) is 25.9. The van der Waals surface area contributed by atoms with Gasteiger partial charge in [0.15, 0.2) is 0 Å². The van der Waals surface area contributed by atoms with Crippen LogP contribution in [0.5, 0.6) is 0 Å². The molecule has 3 atom stereocenters. The molecule has 0 heterocycles. The highest BCUT2D eigenvalue weighted by Crippen LogP contribution is 2.16. The molecule has 0 bridgehead atoms. The minimum absolute atomic E-state index is 0.0473. The Hall–Kier alpha value is -0.120. The Bertz CT molecular complexity index is 291. The Balaban J connectivity index is 3.64. The molecule has 0 saturated heterocycles. The van der Waals surface area contributed by atoms with E-state index in [1.54, 1.807) is 0 Å². The van der Waals surface area contributed by atoms with Gasteiger partial charge in [0, 0.05) is 13.2 Å². The Morgan fingerprint density at radius 3 is 1.62 bits per heavy atom. The second-order valence-electron chi connectivity index (χ2n) is 9.19. The van der Waals surface area contributed by atoms with E-state index in [0.717, 1.165) is 37.9 Å². The van der Waals surface area contributed by atoms with E-state index in [1.807, 2.05) is 0 Å². The van der Waals surface area contributed by atoms with Crippen LogP contribution in [0.25, 0.3) is 0 Å². The molecule has 0 rings (SSSR count). The lowest BCUT2D eigenvalue weighted by atomic mass is 9.97. The van der Waals surface area contributed by atoms with Crippen molar-refractivity contribution in [2.75, 3.05) is 26.4 Å². The summed E-state index contributed by atoms with van der Waals surface area (Å²) in [6.45, 7) is 15.8. The molecule has 158 valence electrons. The largest absolute Gasteiger partial charge is 0.394 e. The second-order valence-corrected chi connectivity index (χ2v) is 9.19. The number of aliphatic hydroxyl groups excluding tert-OH is 1. The first-order valence-electron chi connectivity index (χ1n) is 11.1. The van der Waals surface area contributed by atoms with Gasteiger partial charge in [0.25, 0.3) is 0 Å². The topological polar surface area (TPSA) is 38.7 Å². The van der Waals surface area contributed by atoms with Crippen molar-refractivity contribution in [3.05, 3.63) is 0 Å². The zero-order chi connectivity index (χ0) is 19.8. The Kier molecular flexibility index (Phi) is 16.9. The number of ether oxygens (including phenoxy) is 2. The smallest absolute Gasteiger partial charge is 0.104 e. The van der Waals surface area contributed by atoms with Crippen LogP contribution in [0.2, 0.25) is 0 Å². The molecule has 0 amide bonds. The number of hydrogen-bond donors (Lipinski definition) is 1. The van der Waals surface area contributed by atoms with Crippen molar-refractivity contribution < 1.29 is 14.6 Å². The van der Waals surface area contributed by atoms with Gasteiger partial charge in [-0.1, -0.05) is 80.1 Å². The molecule has 0 aromatic heterocycles. The summed E-state index contributed by atoms with van der Waals surface area (Å²) in [5, 5.41) is 9.47. The lowest BCUT2D eigenvalue weighted by Gasteiger charge is -2.18. The van der Waals surface area contributed by atoms with Crippen molar-refractivity contribution in [1.82, 2.24) is 0 Å². The molecule has 0 radical (unpaired) electrons. The molecular weight excluding hydrogens is 324 g/mol. The van der Waals surface area contributed by atoms with Gasteiger partial charge in [-0.05, 0) is 36.5 Å². The average molecular weight is 373 g/mol. The molecule has 1 N–H and O–H groups in total. The Morgan fingerprint density at radius 1 is 0.654 bits per heavy atom. The maximum Gasteiger partial charge on any atom is 0.104 e. The SMILES string of the molecule is CC(C)CCCC(C)CCOC[C@@H](CO)OCCC(C)CCCC(C)C. The van der Waals surface area contributed by atoms with Crippen molar-refractivity contribution in [1.29, 1.82) is 0 Å². The van der Waals surface area contributed by atoms with Gasteiger partial charge in [-0.3, -0.25) is 0 Å². The molecule has 3 heteroatoms. The van der Waals surface area contributed by atoms with Crippen LogP contribution in [0.15, 0.2) is 0 Å². The van der Waals surface area contributed by atoms with Crippen LogP contribution in [-0.2, 0) is 9.47 Å². The second kappa shape index (κ2) is 17.0. The zero-order valence-electron chi connectivity index (χ0n) is 18.6. The summed E-state index contributed by atoms with van der Waals surface area (Å²) >= 11 is 0. The van der Waals surface area contributed by atoms with Gasteiger partial charge < -0.3 is 14.6 Å². The fourth-order valence-corrected chi connectivity index (χ4v) is 3.13. The molecule has 0 aliphatic heterocycles. The van der Waals surface area contributed by atoms with Gasteiger partial charge in [0.2, 0.25) is 0 Å². The highest BCUT2D eigenvalue weighted by atomic mass is 16.5. The van der Waals surface area contributed by atoms with Gasteiger partial charge in [-0.2, -0.15) is 0 Å². The molecule has 0 spiro atoms. The van der Waals surface area contributed by atoms with Gasteiger partial charge in [0.05, 0.1) is 13.2 Å². The quantitative estimate of drug-likeness (QED) is 0.296. The normalized spacial score (nSPS) is 15.6. The van der Waals surface area contributed by atoms with Crippen LogP contribution >= 0.6 is 0 Å². The summed E-state index contributed by atoms with van der Waals surface area (Å²) in [5.74, 6) is 3.01. The monoisotopic (exact) mass is 372 g/mol. The molecular formula is C23H48O3. The predicted molar refractivity (Wildman–Crippen MR) is 113 cm³/mol. The maximum absolute atomic E-state index is 9.47. The van der Waals surface area contributed by atoms with Gasteiger partial charge in [-0.25, -0.2) is 0 Å². The number of hydrogen-bond acceptors (Lipinski definition) is 3. The van der Waals surface area contributed by atoms with Crippen molar-refractivity contribution in [2.45, 2.75) is 99.0 Å². The van der Waals surface area contributed by atoms with Gasteiger partial charge in [-0.15, -0.1) is 0 Å². The summed E-state index contributed by atoms with van der Waals surface area (Å²) in [4.78, 5) is 0. The van der Waals surface area contributed by atoms with Gasteiger partial charge in [0.1, 0.15) is 6.10 Å². The van der Waals surface area contributed by atoms with E-state index in [1.165, 1.54) is 38.5 Å². The van der Waals surface area contributed by atoms with Crippen LogP contribution in [-0.4, -0.2) is 37.6 Å².